The summed E-state index contributed by atoms with van der Waals surface area (Å²) in [5.41, 5.74) is 0.833. The minimum Gasteiger partial charge on any atom is -0.441 e. The van der Waals surface area contributed by atoms with Crippen molar-refractivity contribution in [3.05, 3.63) is 29.4 Å². The summed E-state index contributed by atoms with van der Waals surface area (Å²) in [7, 11) is 0. The lowest BCUT2D eigenvalue weighted by atomic mass is 10.3. The Balaban J connectivity index is 2.12. The molecule has 0 unspecified atom stereocenters. The molecule has 1 N–H and O–H groups in total. The van der Waals surface area contributed by atoms with Gasteiger partial charge in [0.2, 0.25) is 0 Å². The molecular weight excluding hydrogens is 228 g/mol. The van der Waals surface area contributed by atoms with Crippen LogP contribution in [0.15, 0.2) is 27.4 Å². The smallest absolute Gasteiger partial charge is 0.194 e. The average Bonchev–Trinajstić information content (AvgIpc) is 2.87. The number of nitrogens with one attached hydrogen (secondary N) is 1. The first-order valence-electron chi connectivity index (χ1n) is 5.20. The second-order valence-electron chi connectivity index (χ2n) is 3.41. The third-order valence-electron chi connectivity index (χ3n) is 2.16. The molecular formula is C11H13ClN2O2. The maximum Gasteiger partial charge on any atom is 0.194 e. The highest BCUT2D eigenvalue weighted by Crippen LogP contribution is 2.27. The van der Waals surface area contributed by atoms with E-state index in [2.05, 4.69) is 17.2 Å². The highest BCUT2D eigenvalue weighted by molar-refractivity contribution is 6.28. The second-order valence-corrected chi connectivity index (χ2v) is 3.78. The van der Waals surface area contributed by atoms with Crippen LogP contribution in [0, 0.1) is 0 Å². The van der Waals surface area contributed by atoms with E-state index in [1.165, 1.54) is 6.39 Å². The first-order chi connectivity index (χ1) is 7.81. The standard InChI is InChI=1S/C11H13ClN2O2/c1-2-5-13-6-8-11(15-7-14-8)9-3-4-10(12)16-9/h3-4,7,13H,2,5-6H2,1H3. The monoisotopic (exact) mass is 240 g/mol. The van der Waals surface area contributed by atoms with Crippen molar-refractivity contribution in [2.75, 3.05) is 6.54 Å². The lowest BCUT2D eigenvalue weighted by Gasteiger charge is -2.00. The molecule has 0 saturated carbocycles. The fraction of sp³-hybridized carbons (Fsp3) is 0.364. The van der Waals surface area contributed by atoms with Gasteiger partial charge >= 0.3 is 0 Å². The van der Waals surface area contributed by atoms with Crippen molar-refractivity contribution in [3.8, 4) is 11.5 Å². The van der Waals surface area contributed by atoms with Gasteiger partial charge in [-0.05, 0) is 36.7 Å². The lowest BCUT2D eigenvalue weighted by Crippen LogP contribution is -2.14. The number of oxazole rings is 1. The van der Waals surface area contributed by atoms with Gasteiger partial charge in [-0.15, -0.1) is 0 Å². The number of halogens is 1. The normalized spacial score (nSPS) is 10.9. The summed E-state index contributed by atoms with van der Waals surface area (Å²) < 4.78 is 10.6. The minimum atomic E-state index is 0.346. The highest BCUT2D eigenvalue weighted by atomic mass is 35.5. The van der Waals surface area contributed by atoms with E-state index in [0.717, 1.165) is 18.7 Å². The molecule has 0 spiro atoms. The van der Waals surface area contributed by atoms with Gasteiger partial charge in [0.15, 0.2) is 23.1 Å². The van der Waals surface area contributed by atoms with Crippen LogP contribution in [0.4, 0.5) is 0 Å². The molecule has 0 atom stereocenters. The van der Waals surface area contributed by atoms with Crippen LogP contribution in [-0.4, -0.2) is 11.5 Å². The molecule has 0 aliphatic rings. The number of hydrogen-bond donors (Lipinski definition) is 1. The predicted octanol–water partition coefficient (Wildman–Crippen LogP) is 3.09. The van der Waals surface area contributed by atoms with Gasteiger partial charge in [-0.25, -0.2) is 4.98 Å². The van der Waals surface area contributed by atoms with Crippen LogP contribution in [0.1, 0.15) is 19.0 Å². The third kappa shape index (κ3) is 2.46. The number of hydrogen-bond acceptors (Lipinski definition) is 4. The Morgan fingerprint density at radius 1 is 1.44 bits per heavy atom. The van der Waals surface area contributed by atoms with Gasteiger partial charge in [0, 0.05) is 6.54 Å². The van der Waals surface area contributed by atoms with E-state index < -0.39 is 0 Å². The number of rotatable bonds is 5. The third-order valence-corrected chi connectivity index (χ3v) is 2.36. The maximum absolute atomic E-state index is 5.71. The topological polar surface area (TPSA) is 51.2 Å². The van der Waals surface area contributed by atoms with Gasteiger partial charge in [-0.1, -0.05) is 6.92 Å². The van der Waals surface area contributed by atoms with Gasteiger partial charge in [0.05, 0.1) is 0 Å². The molecule has 5 heteroatoms. The molecule has 4 nitrogen and oxygen atoms in total. The van der Waals surface area contributed by atoms with Crippen LogP contribution in [-0.2, 0) is 6.54 Å². The summed E-state index contributed by atoms with van der Waals surface area (Å²) in [6, 6.07) is 3.45. The summed E-state index contributed by atoms with van der Waals surface area (Å²) in [5.74, 6) is 1.24. The van der Waals surface area contributed by atoms with Crippen LogP contribution < -0.4 is 5.32 Å². The summed E-state index contributed by atoms with van der Waals surface area (Å²) in [5, 5.41) is 3.60. The Labute approximate surface area is 98.6 Å². The van der Waals surface area contributed by atoms with Crippen LogP contribution >= 0.6 is 11.6 Å². The number of furan rings is 1. The lowest BCUT2D eigenvalue weighted by molar-refractivity contribution is 0.519. The molecule has 2 heterocycles. The molecule has 0 aliphatic heterocycles. The molecule has 0 aliphatic carbocycles. The fourth-order valence-electron chi connectivity index (χ4n) is 1.42. The Hall–Kier alpha value is -1.26. The molecule has 0 saturated heterocycles. The molecule has 2 aromatic heterocycles. The molecule has 0 amide bonds. The van der Waals surface area contributed by atoms with Crippen molar-refractivity contribution in [2.45, 2.75) is 19.9 Å². The van der Waals surface area contributed by atoms with Crippen molar-refractivity contribution in [1.82, 2.24) is 10.3 Å². The van der Waals surface area contributed by atoms with Crippen LogP contribution in [0.3, 0.4) is 0 Å². The van der Waals surface area contributed by atoms with E-state index in [-0.39, 0.29) is 0 Å². The summed E-state index contributed by atoms with van der Waals surface area (Å²) in [6.07, 6.45) is 2.49. The van der Waals surface area contributed by atoms with E-state index in [4.69, 9.17) is 20.4 Å². The molecule has 16 heavy (non-hydrogen) atoms. The molecule has 86 valence electrons. The van der Waals surface area contributed by atoms with Crippen molar-refractivity contribution in [3.63, 3.8) is 0 Å². The first kappa shape index (κ1) is 11.2. The number of nitrogens with zero attached hydrogens (tertiary/aromatic N) is 1. The molecule has 0 fully saturated rings. The molecule has 2 aromatic rings. The zero-order chi connectivity index (χ0) is 11.4. The van der Waals surface area contributed by atoms with E-state index in [0.29, 0.717) is 23.3 Å². The molecule has 0 bridgehead atoms. The molecule has 0 radical (unpaired) electrons. The van der Waals surface area contributed by atoms with Crippen molar-refractivity contribution in [1.29, 1.82) is 0 Å². The van der Waals surface area contributed by atoms with E-state index in [1.807, 2.05) is 0 Å². The van der Waals surface area contributed by atoms with E-state index in [9.17, 15) is 0 Å². The minimum absolute atomic E-state index is 0.346. The van der Waals surface area contributed by atoms with Gasteiger partial charge in [0.1, 0.15) is 5.69 Å². The summed E-state index contributed by atoms with van der Waals surface area (Å²) >= 11 is 5.71. The SMILES string of the molecule is CCCNCc1ncoc1-c1ccc(Cl)o1. The Morgan fingerprint density at radius 2 is 2.31 bits per heavy atom. The Bertz CT molecular complexity index is 450. The van der Waals surface area contributed by atoms with Crippen molar-refractivity contribution >= 4 is 11.6 Å². The van der Waals surface area contributed by atoms with E-state index >= 15 is 0 Å². The van der Waals surface area contributed by atoms with Crippen LogP contribution in [0.25, 0.3) is 11.5 Å². The van der Waals surface area contributed by atoms with Gasteiger partial charge in [-0.2, -0.15) is 0 Å². The van der Waals surface area contributed by atoms with Crippen molar-refractivity contribution < 1.29 is 8.83 Å². The van der Waals surface area contributed by atoms with E-state index in [1.54, 1.807) is 12.1 Å². The first-order valence-corrected chi connectivity index (χ1v) is 5.58. The largest absolute Gasteiger partial charge is 0.441 e. The van der Waals surface area contributed by atoms with Gasteiger partial charge in [-0.3, -0.25) is 0 Å². The highest BCUT2D eigenvalue weighted by Gasteiger charge is 2.13. The average molecular weight is 241 g/mol. The summed E-state index contributed by atoms with van der Waals surface area (Å²) in [6.45, 7) is 3.73. The van der Waals surface area contributed by atoms with Crippen LogP contribution in [0.5, 0.6) is 0 Å². The number of aromatic nitrogens is 1. The zero-order valence-electron chi connectivity index (χ0n) is 9.00. The van der Waals surface area contributed by atoms with Crippen molar-refractivity contribution in [2.24, 2.45) is 0 Å². The quantitative estimate of drug-likeness (QED) is 0.816. The van der Waals surface area contributed by atoms with Gasteiger partial charge < -0.3 is 14.2 Å². The summed E-state index contributed by atoms with van der Waals surface area (Å²) in [4.78, 5) is 4.14. The Morgan fingerprint density at radius 3 is 3.00 bits per heavy atom. The molecule has 0 aromatic carbocycles. The Kier molecular flexibility index (Phi) is 3.64. The van der Waals surface area contributed by atoms with Gasteiger partial charge in [0.25, 0.3) is 0 Å². The zero-order valence-corrected chi connectivity index (χ0v) is 9.75. The maximum atomic E-state index is 5.71. The molecule has 2 rings (SSSR count). The fourth-order valence-corrected chi connectivity index (χ4v) is 1.56. The van der Waals surface area contributed by atoms with Crippen LogP contribution in [0.2, 0.25) is 5.22 Å². The second kappa shape index (κ2) is 5.18. The predicted molar refractivity (Wildman–Crippen MR) is 61.2 cm³/mol.